The Morgan fingerprint density at radius 3 is 0.959 bits per heavy atom. The second kappa shape index (κ2) is 13.8. The van der Waals surface area contributed by atoms with E-state index < -0.39 is 131 Å². The Bertz CT molecular complexity index is 2300. The molecule has 0 radical (unpaired) electrons. The quantitative estimate of drug-likeness (QED) is 0.116. The van der Waals surface area contributed by atoms with Crippen LogP contribution in [-0.2, 0) is 0 Å². The van der Waals surface area contributed by atoms with Crippen LogP contribution in [0.5, 0.6) is 0 Å². The van der Waals surface area contributed by atoms with Gasteiger partial charge in [0, 0.05) is 0 Å². The van der Waals surface area contributed by atoms with Crippen molar-refractivity contribution in [3.63, 3.8) is 0 Å². The number of nitriles is 6. The predicted molar refractivity (Wildman–Crippen MR) is 137 cm³/mol. The third-order valence-electron chi connectivity index (χ3n) is 6.58. The summed E-state index contributed by atoms with van der Waals surface area (Å²) in [5.74, 6) is -29.6. The zero-order valence-electron chi connectivity index (χ0n) is 23.3. The SMILES string of the molecule is CC(=C(/C#N)c1c(F)c(F)c(C#N)c(F)c1F)/C(/C=C(/C#N)c1c(F)c(F)c(C#N)c(F)c1F)=C(/C#N)c1c(F)c(F)c(C#N)c(F)c1F. The van der Waals surface area contributed by atoms with Crippen molar-refractivity contribution in [1.82, 2.24) is 0 Å². The summed E-state index contributed by atoms with van der Waals surface area (Å²) < 4.78 is 177. The first-order valence-corrected chi connectivity index (χ1v) is 12.2. The minimum absolute atomic E-state index is 0.128. The van der Waals surface area contributed by atoms with Crippen LogP contribution in [0.25, 0.3) is 16.7 Å². The highest BCUT2D eigenvalue weighted by Gasteiger charge is 2.33. The Balaban J connectivity index is 2.78. The number of nitrogens with zero attached hydrogens (tertiary/aromatic N) is 6. The average molecular weight is 688 g/mol. The third-order valence-corrected chi connectivity index (χ3v) is 6.58. The van der Waals surface area contributed by atoms with Gasteiger partial charge in [0.1, 0.15) is 47.0 Å². The Morgan fingerprint density at radius 2 is 0.694 bits per heavy atom. The Labute approximate surface area is 265 Å². The second-order valence-electron chi connectivity index (χ2n) is 9.04. The highest BCUT2D eigenvalue weighted by molar-refractivity contribution is 5.94. The molecular weight excluding hydrogens is 684 g/mol. The molecule has 0 atom stereocenters. The zero-order valence-corrected chi connectivity index (χ0v) is 23.3. The van der Waals surface area contributed by atoms with Crippen LogP contribution >= 0.6 is 0 Å². The van der Waals surface area contributed by atoms with Crippen molar-refractivity contribution in [2.45, 2.75) is 6.92 Å². The molecule has 0 saturated heterocycles. The van der Waals surface area contributed by atoms with Gasteiger partial charge >= 0.3 is 0 Å². The van der Waals surface area contributed by atoms with Gasteiger partial charge < -0.3 is 0 Å². The number of rotatable bonds is 5. The van der Waals surface area contributed by atoms with Gasteiger partial charge in [-0.25, -0.2) is 52.7 Å². The minimum atomic E-state index is -2.55. The third kappa shape index (κ3) is 5.65. The van der Waals surface area contributed by atoms with E-state index in [9.17, 15) is 50.9 Å². The lowest BCUT2D eigenvalue weighted by molar-refractivity contribution is 0.446. The van der Waals surface area contributed by atoms with Crippen molar-refractivity contribution < 1.29 is 52.7 Å². The average Bonchev–Trinajstić information content (AvgIpc) is 3.08. The van der Waals surface area contributed by atoms with Crippen molar-refractivity contribution >= 4 is 16.7 Å². The maximum Gasteiger partial charge on any atom is 0.180 e. The summed E-state index contributed by atoms with van der Waals surface area (Å²) in [4.78, 5) is 0. The first-order chi connectivity index (χ1) is 23.0. The molecule has 0 aliphatic rings. The predicted octanol–water partition coefficient (Wildman–Crippen LogP) is 7.85. The normalized spacial score (nSPS) is 12.0. The molecule has 49 heavy (non-hydrogen) atoms. The molecule has 6 nitrogen and oxygen atoms in total. The van der Waals surface area contributed by atoms with E-state index in [1.807, 2.05) is 0 Å². The first-order valence-electron chi connectivity index (χ1n) is 12.2. The fourth-order valence-electron chi connectivity index (χ4n) is 4.25. The number of allylic oxidation sites excluding steroid dienone is 6. The van der Waals surface area contributed by atoms with Gasteiger partial charge in [-0.3, -0.25) is 0 Å². The van der Waals surface area contributed by atoms with Crippen LogP contribution in [0.1, 0.15) is 40.3 Å². The molecule has 0 fully saturated rings. The van der Waals surface area contributed by atoms with Crippen LogP contribution in [0.3, 0.4) is 0 Å². The number of hydrogen-bond acceptors (Lipinski definition) is 6. The molecule has 0 amide bonds. The highest BCUT2D eigenvalue weighted by atomic mass is 19.2. The maximum atomic E-state index is 15.1. The summed E-state index contributed by atoms with van der Waals surface area (Å²) in [6.07, 6.45) is -0.128. The van der Waals surface area contributed by atoms with E-state index in [0.717, 1.165) is 36.4 Å². The van der Waals surface area contributed by atoms with Crippen molar-refractivity contribution in [3.8, 4) is 36.4 Å². The highest BCUT2D eigenvalue weighted by Crippen LogP contribution is 2.39. The van der Waals surface area contributed by atoms with Gasteiger partial charge in [-0.05, 0) is 24.1 Å². The summed E-state index contributed by atoms with van der Waals surface area (Å²) in [5, 5.41) is 55.9. The molecule has 3 rings (SSSR count). The summed E-state index contributed by atoms with van der Waals surface area (Å²) in [5.41, 5.74) is -19.8. The van der Waals surface area contributed by atoms with E-state index >= 15 is 17.6 Å². The van der Waals surface area contributed by atoms with E-state index in [-0.39, 0.29) is 6.08 Å². The van der Waals surface area contributed by atoms with Crippen LogP contribution in [0.4, 0.5) is 52.7 Å². The molecule has 3 aromatic rings. The molecular formula is C31H4F12N6. The topological polar surface area (TPSA) is 143 Å². The Morgan fingerprint density at radius 1 is 0.408 bits per heavy atom. The molecule has 0 saturated carbocycles. The molecule has 0 unspecified atom stereocenters. The molecule has 0 spiro atoms. The zero-order chi connectivity index (χ0) is 37.2. The van der Waals surface area contributed by atoms with Gasteiger partial charge in [-0.2, -0.15) is 31.6 Å². The van der Waals surface area contributed by atoms with Crippen LogP contribution in [0, 0.1) is 138 Å². The van der Waals surface area contributed by atoms with Gasteiger partial charge in [-0.15, -0.1) is 0 Å². The Hall–Kier alpha value is -7.02. The van der Waals surface area contributed by atoms with Crippen molar-refractivity contribution in [3.05, 3.63) is 120 Å². The van der Waals surface area contributed by atoms with Crippen LogP contribution < -0.4 is 0 Å². The lowest BCUT2D eigenvalue weighted by Gasteiger charge is -2.16. The molecule has 242 valence electrons. The largest absolute Gasteiger partial charge is 0.203 e. The molecule has 0 aliphatic carbocycles. The van der Waals surface area contributed by atoms with Crippen LogP contribution in [0.2, 0.25) is 0 Å². The second-order valence-corrected chi connectivity index (χ2v) is 9.04. The monoisotopic (exact) mass is 688 g/mol. The standard InChI is InChI=1S/C31H4F12N6/c1-9(12(4-45)18-28(40)22(34)15(7-48)23(35)29(18)41)11(13(5-46)19-30(42)24(36)16(8-49)25(37)31(19)43)2-10(3-44)17-26(38)20(32)14(6-47)21(33)27(17)39/h2H,1H3/b10-2-,12-9+,13-11-. The molecule has 0 bridgehead atoms. The van der Waals surface area contributed by atoms with E-state index in [0.29, 0.717) is 6.92 Å². The van der Waals surface area contributed by atoms with E-state index in [2.05, 4.69) is 0 Å². The van der Waals surface area contributed by atoms with Crippen LogP contribution in [0.15, 0.2) is 17.2 Å². The van der Waals surface area contributed by atoms with Gasteiger partial charge in [0.25, 0.3) is 0 Å². The molecule has 0 heterocycles. The lowest BCUT2D eigenvalue weighted by atomic mass is 9.87. The molecule has 0 aliphatic heterocycles. The first kappa shape index (κ1) is 36.4. The van der Waals surface area contributed by atoms with Crippen molar-refractivity contribution in [1.29, 1.82) is 31.6 Å². The van der Waals surface area contributed by atoms with E-state index in [4.69, 9.17) is 15.8 Å². The molecule has 0 aromatic heterocycles. The summed E-state index contributed by atoms with van der Waals surface area (Å²) >= 11 is 0. The maximum absolute atomic E-state index is 15.1. The van der Waals surface area contributed by atoms with E-state index in [1.54, 1.807) is 0 Å². The van der Waals surface area contributed by atoms with Gasteiger partial charge in [-0.1, -0.05) is 0 Å². The van der Waals surface area contributed by atoms with Gasteiger partial charge in [0.2, 0.25) is 0 Å². The molecule has 0 N–H and O–H groups in total. The van der Waals surface area contributed by atoms with Gasteiger partial charge in [0.05, 0.1) is 39.5 Å². The molecule has 3 aromatic carbocycles. The number of halogens is 12. The van der Waals surface area contributed by atoms with Crippen molar-refractivity contribution in [2.24, 2.45) is 0 Å². The summed E-state index contributed by atoms with van der Waals surface area (Å²) in [6.45, 7) is 0.447. The lowest BCUT2D eigenvalue weighted by Crippen LogP contribution is -2.10. The fraction of sp³-hybridized carbons (Fsp3) is 0.0323. The summed E-state index contributed by atoms with van der Waals surface area (Å²) in [7, 11) is 0. The minimum Gasteiger partial charge on any atom is -0.203 e. The molecule has 18 heteroatoms. The van der Waals surface area contributed by atoms with Crippen molar-refractivity contribution in [2.75, 3.05) is 0 Å². The number of benzene rings is 3. The van der Waals surface area contributed by atoms with E-state index in [1.165, 1.54) is 0 Å². The smallest absolute Gasteiger partial charge is 0.180 e. The Kier molecular flexibility index (Phi) is 10.2. The number of hydrogen-bond donors (Lipinski definition) is 0. The summed E-state index contributed by atoms with van der Waals surface area (Å²) in [6, 6.07) is 5.25. The van der Waals surface area contributed by atoms with Gasteiger partial charge in [0.15, 0.2) is 69.8 Å². The fourth-order valence-corrected chi connectivity index (χ4v) is 4.25. The van der Waals surface area contributed by atoms with Crippen LogP contribution in [-0.4, -0.2) is 0 Å².